The maximum absolute atomic E-state index is 12.4. The number of halogens is 4. The van der Waals surface area contributed by atoms with Crippen LogP contribution in [0, 0.1) is 5.92 Å². The summed E-state index contributed by atoms with van der Waals surface area (Å²) in [5.74, 6) is -2.35. The number of piperidine rings is 1. The van der Waals surface area contributed by atoms with Gasteiger partial charge in [-0.3, -0.25) is 9.59 Å². The quantitative estimate of drug-likeness (QED) is 0.775. The zero-order valence-electron chi connectivity index (χ0n) is 12.4. The number of amides is 2. The van der Waals surface area contributed by atoms with Gasteiger partial charge in [-0.2, -0.15) is 13.2 Å². The summed E-state index contributed by atoms with van der Waals surface area (Å²) in [6.45, 7) is -0.105. The molecule has 23 heavy (non-hydrogen) atoms. The Morgan fingerprint density at radius 3 is 2.17 bits per heavy atom. The zero-order chi connectivity index (χ0) is 17.2. The Labute approximate surface area is 140 Å². The number of carbonyl (C=O) groups excluding carboxylic acids is 2. The number of likely N-dealkylation sites (tertiary alicyclic amines) is 1. The summed E-state index contributed by atoms with van der Waals surface area (Å²) >= 11 is 3.31. The van der Waals surface area contributed by atoms with Crippen LogP contribution in [0.2, 0.25) is 0 Å². The molecule has 0 unspecified atom stereocenters. The number of rotatable bonds is 2. The van der Waals surface area contributed by atoms with Crippen molar-refractivity contribution in [3.8, 4) is 0 Å². The van der Waals surface area contributed by atoms with E-state index in [1.807, 2.05) is 12.1 Å². The van der Waals surface area contributed by atoms with Gasteiger partial charge in [0.2, 0.25) is 5.91 Å². The summed E-state index contributed by atoms with van der Waals surface area (Å²) in [5, 5.41) is 0. The van der Waals surface area contributed by atoms with Crippen LogP contribution in [0.15, 0.2) is 28.7 Å². The topological polar surface area (TPSA) is 40.6 Å². The molecular weight excluding hydrogens is 377 g/mol. The number of hydrogen-bond acceptors (Lipinski definition) is 2. The Kier molecular flexibility index (Phi) is 5.33. The first-order valence-corrected chi connectivity index (χ1v) is 7.88. The minimum atomic E-state index is -4.86. The van der Waals surface area contributed by atoms with Crippen molar-refractivity contribution in [1.29, 1.82) is 0 Å². The average Bonchev–Trinajstić information content (AvgIpc) is 2.53. The highest BCUT2D eigenvalue weighted by Crippen LogP contribution is 2.26. The molecule has 0 atom stereocenters. The van der Waals surface area contributed by atoms with Crippen LogP contribution in [0.5, 0.6) is 0 Å². The molecule has 0 aliphatic carbocycles. The van der Waals surface area contributed by atoms with Crippen LogP contribution in [-0.4, -0.2) is 43.0 Å². The first-order valence-electron chi connectivity index (χ1n) is 7.09. The minimum absolute atomic E-state index is 0.0527. The van der Waals surface area contributed by atoms with Gasteiger partial charge in [0.1, 0.15) is 0 Å². The van der Waals surface area contributed by atoms with Crippen LogP contribution in [0.4, 0.5) is 18.9 Å². The molecule has 1 aromatic carbocycles. The second kappa shape index (κ2) is 6.90. The second-order valence-electron chi connectivity index (χ2n) is 5.44. The van der Waals surface area contributed by atoms with Gasteiger partial charge in [-0.05, 0) is 37.1 Å². The van der Waals surface area contributed by atoms with Crippen LogP contribution < -0.4 is 4.90 Å². The van der Waals surface area contributed by atoms with E-state index in [0.717, 1.165) is 9.37 Å². The fourth-order valence-electron chi connectivity index (χ4n) is 2.57. The van der Waals surface area contributed by atoms with Gasteiger partial charge in [0, 0.05) is 36.2 Å². The molecule has 2 rings (SSSR count). The lowest BCUT2D eigenvalue weighted by molar-refractivity contribution is -0.186. The number of alkyl halides is 3. The molecule has 1 heterocycles. The van der Waals surface area contributed by atoms with Gasteiger partial charge in [-0.15, -0.1) is 0 Å². The summed E-state index contributed by atoms with van der Waals surface area (Å²) < 4.78 is 38.1. The molecule has 0 aromatic heterocycles. The van der Waals surface area contributed by atoms with E-state index in [4.69, 9.17) is 0 Å². The van der Waals surface area contributed by atoms with E-state index in [1.165, 1.54) is 4.90 Å². The van der Waals surface area contributed by atoms with Crippen molar-refractivity contribution in [3.05, 3.63) is 28.7 Å². The lowest BCUT2D eigenvalue weighted by Crippen LogP contribution is -2.47. The van der Waals surface area contributed by atoms with Crippen LogP contribution in [-0.2, 0) is 9.59 Å². The summed E-state index contributed by atoms with van der Waals surface area (Å²) in [6, 6.07) is 7.18. The van der Waals surface area contributed by atoms with Crippen LogP contribution in [0.3, 0.4) is 0 Å². The van der Waals surface area contributed by atoms with E-state index < -0.39 is 12.1 Å². The maximum Gasteiger partial charge on any atom is 0.471 e. The van der Waals surface area contributed by atoms with Gasteiger partial charge in [0.05, 0.1) is 0 Å². The molecule has 1 aliphatic heterocycles. The van der Waals surface area contributed by atoms with E-state index in [2.05, 4.69) is 15.9 Å². The maximum atomic E-state index is 12.4. The monoisotopic (exact) mass is 392 g/mol. The molecule has 0 N–H and O–H groups in total. The highest BCUT2D eigenvalue weighted by Gasteiger charge is 2.43. The van der Waals surface area contributed by atoms with Crippen molar-refractivity contribution < 1.29 is 22.8 Å². The largest absolute Gasteiger partial charge is 0.471 e. The molecule has 1 aromatic rings. The Morgan fingerprint density at radius 2 is 1.70 bits per heavy atom. The van der Waals surface area contributed by atoms with Crippen molar-refractivity contribution in [2.75, 3.05) is 25.0 Å². The van der Waals surface area contributed by atoms with E-state index in [9.17, 15) is 22.8 Å². The molecular formula is C15H16BrF3N2O2. The van der Waals surface area contributed by atoms with Crippen LogP contribution >= 0.6 is 15.9 Å². The number of carbonyl (C=O) groups is 2. The molecule has 0 spiro atoms. The third-order valence-corrected chi connectivity index (χ3v) is 4.45. The number of anilines is 1. The normalized spacial score (nSPS) is 16.3. The smallest absolute Gasteiger partial charge is 0.335 e. The highest BCUT2D eigenvalue weighted by atomic mass is 79.9. The van der Waals surface area contributed by atoms with E-state index in [-0.39, 0.29) is 37.8 Å². The second-order valence-corrected chi connectivity index (χ2v) is 6.35. The molecule has 8 heteroatoms. The molecule has 126 valence electrons. The van der Waals surface area contributed by atoms with Gasteiger partial charge in [0.15, 0.2) is 0 Å². The molecule has 0 saturated carbocycles. The van der Waals surface area contributed by atoms with Gasteiger partial charge in [0.25, 0.3) is 0 Å². The van der Waals surface area contributed by atoms with Crippen molar-refractivity contribution in [2.45, 2.75) is 19.0 Å². The SMILES string of the molecule is CN(C(=O)C1CCN(C(=O)C(F)(F)F)CC1)c1ccc(Br)cc1. The van der Waals surface area contributed by atoms with Crippen LogP contribution in [0.1, 0.15) is 12.8 Å². The van der Waals surface area contributed by atoms with Gasteiger partial charge in [-0.25, -0.2) is 0 Å². The fourth-order valence-corrected chi connectivity index (χ4v) is 2.84. The average molecular weight is 393 g/mol. The Bertz CT molecular complexity index is 581. The summed E-state index contributed by atoms with van der Waals surface area (Å²) in [6.07, 6.45) is -4.38. The highest BCUT2D eigenvalue weighted by molar-refractivity contribution is 9.10. The first kappa shape index (κ1) is 17.8. The number of hydrogen-bond donors (Lipinski definition) is 0. The standard InChI is InChI=1S/C15H16BrF3N2O2/c1-20(12-4-2-11(16)3-5-12)13(22)10-6-8-21(9-7-10)14(23)15(17,18)19/h2-5,10H,6-9H2,1H3. The number of nitrogens with zero attached hydrogens (tertiary/aromatic N) is 2. The predicted octanol–water partition coefficient (Wildman–Crippen LogP) is 3.21. The molecule has 0 radical (unpaired) electrons. The molecule has 2 amide bonds. The summed E-state index contributed by atoms with van der Waals surface area (Å²) in [7, 11) is 1.64. The van der Waals surface area contributed by atoms with E-state index in [0.29, 0.717) is 5.69 Å². The molecule has 1 aliphatic rings. The molecule has 1 fully saturated rings. The zero-order valence-corrected chi connectivity index (χ0v) is 14.0. The summed E-state index contributed by atoms with van der Waals surface area (Å²) in [4.78, 5) is 25.9. The van der Waals surface area contributed by atoms with Crippen LogP contribution in [0.25, 0.3) is 0 Å². The third-order valence-electron chi connectivity index (χ3n) is 3.92. The van der Waals surface area contributed by atoms with Gasteiger partial charge in [-0.1, -0.05) is 15.9 Å². The number of benzene rings is 1. The predicted molar refractivity (Wildman–Crippen MR) is 82.9 cm³/mol. The molecule has 1 saturated heterocycles. The van der Waals surface area contributed by atoms with Crippen molar-refractivity contribution in [3.63, 3.8) is 0 Å². The lowest BCUT2D eigenvalue weighted by atomic mass is 9.95. The molecule has 4 nitrogen and oxygen atoms in total. The van der Waals surface area contributed by atoms with Gasteiger partial charge < -0.3 is 9.80 Å². The van der Waals surface area contributed by atoms with E-state index >= 15 is 0 Å². The lowest BCUT2D eigenvalue weighted by Gasteiger charge is -2.33. The third kappa shape index (κ3) is 4.25. The van der Waals surface area contributed by atoms with E-state index in [1.54, 1.807) is 19.2 Å². The fraction of sp³-hybridized carbons (Fsp3) is 0.467. The Morgan fingerprint density at radius 1 is 1.17 bits per heavy atom. The van der Waals surface area contributed by atoms with Crippen molar-refractivity contribution in [1.82, 2.24) is 4.90 Å². The molecule has 0 bridgehead atoms. The van der Waals surface area contributed by atoms with Crippen molar-refractivity contribution >= 4 is 33.4 Å². The Hall–Kier alpha value is -1.57. The van der Waals surface area contributed by atoms with Gasteiger partial charge >= 0.3 is 12.1 Å². The first-order chi connectivity index (χ1) is 10.7. The van der Waals surface area contributed by atoms with Crippen molar-refractivity contribution in [2.24, 2.45) is 5.92 Å². The Balaban J connectivity index is 1.95. The minimum Gasteiger partial charge on any atom is -0.335 e. The summed E-state index contributed by atoms with van der Waals surface area (Å²) in [5.41, 5.74) is 0.715.